The number of hydrogen-bond acceptors (Lipinski definition) is 0. The summed E-state index contributed by atoms with van der Waals surface area (Å²) in [7, 11) is -0.575. The number of hydrogen-bond donors (Lipinski definition) is 0. The molecule has 0 aromatic heterocycles. The van der Waals surface area contributed by atoms with E-state index in [-0.39, 0.29) is 0 Å². The van der Waals surface area contributed by atoms with Crippen LogP contribution in [0.2, 0.25) is 0 Å². The molecule has 27 heavy (non-hydrogen) atoms. The summed E-state index contributed by atoms with van der Waals surface area (Å²) in [5, 5.41) is 9.43. The fourth-order valence-electron chi connectivity index (χ4n) is 3.73. The minimum atomic E-state index is -0.575. The predicted octanol–water partition coefficient (Wildman–Crippen LogP) is 5.75. The summed E-state index contributed by atoms with van der Waals surface area (Å²) in [4.78, 5) is 0. The van der Waals surface area contributed by atoms with Crippen LogP contribution in [0.1, 0.15) is 0 Å². The number of rotatable bonds is 3. The maximum absolute atomic E-state index is 2.41. The van der Waals surface area contributed by atoms with Gasteiger partial charge in [0, 0.05) is 0 Å². The first-order chi connectivity index (χ1) is 13.4. The Morgan fingerprint density at radius 3 is 1.56 bits per heavy atom. The van der Waals surface area contributed by atoms with Gasteiger partial charge in [-0.25, -0.2) is 0 Å². The summed E-state index contributed by atoms with van der Waals surface area (Å²) < 4.78 is 0. The van der Waals surface area contributed by atoms with Crippen LogP contribution in [0.3, 0.4) is 0 Å². The maximum Gasteiger partial charge on any atom is -0.00988 e. The van der Waals surface area contributed by atoms with Gasteiger partial charge in [-0.05, 0) is 51.4 Å². The van der Waals surface area contributed by atoms with Gasteiger partial charge >= 0.3 is 0 Å². The summed E-state index contributed by atoms with van der Waals surface area (Å²) in [6.45, 7) is 0. The van der Waals surface area contributed by atoms with Crippen molar-refractivity contribution < 1.29 is 0 Å². The molecule has 5 rings (SSSR count). The zero-order valence-electron chi connectivity index (χ0n) is 14.9. The van der Waals surface area contributed by atoms with E-state index < -0.39 is 7.92 Å². The maximum atomic E-state index is 2.41. The highest BCUT2D eigenvalue weighted by Gasteiger charge is 2.16. The predicted molar refractivity (Wildman–Crippen MR) is 120 cm³/mol. The second kappa shape index (κ2) is 6.99. The summed E-state index contributed by atoms with van der Waals surface area (Å²) in [5.74, 6) is 0. The van der Waals surface area contributed by atoms with Crippen molar-refractivity contribution in [1.29, 1.82) is 0 Å². The topological polar surface area (TPSA) is 0 Å². The molecule has 0 N–H and O–H groups in total. The summed E-state index contributed by atoms with van der Waals surface area (Å²) in [6.07, 6.45) is 0. The fraction of sp³-hybridized carbons (Fsp3) is 0. The molecule has 0 bridgehead atoms. The van der Waals surface area contributed by atoms with Crippen LogP contribution < -0.4 is 15.9 Å². The highest BCUT2D eigenvalue weighted by Crippen LogP contribution is 2.35. The minimum absolute atomic E-state index is 0.575. The van der Waals surface area contributed by atoms with E-state index in [1.54, 1.807) is 0 Å². The quantitative estimate of drug-likeness (QED) is 0.283. The summed E-state index contributed by atoms with van der Waals surface area (Å²) in [6, 6.07) is 41.9. The molecule has 0 nitrogen and oxygen atoms in total. The third-order valence-electron chi connectivity index (χ3n) is 5.02. The van der Waals surface area contributed by atoms with Gasteiger partial charge in [0.15, 0.2) is 0 Å². The molecular weight excluding hydrogens is 343 g/mol. The molecular formula is C26H19P. The molecule has 0 aliphatic rings. The Hall–Kier alpha value is -2.95. The van der Waals surface area contributed by atoms with Crippen LogP contribution in [0.4, 0.5) is 0 Å². The molecule has 1 heteroatoms. The van der Waals surface area contributed by atoms with E-state index in [0.717, 1.165) is 0 Å². The van der Waals surface area contributed by atoms with Crippen molar-refractivity contribution in [3.8, 4) is 0 Å². The van der Waals surface area contributed by atoms with E-state index in [9.17, 15) is 0 Å². The molecule has 5 aromatic carbocycles. The number of fused-ring (bicyclic) bond motifs is 3. The van der Waals surface area contributed by atoms with Gasteiger partial charge in [-0.1, -0.05) is 109 Å². The van der Waals surface area contributed by atoms with E-state index in [4.69, 9.17) is 0 Å². The molecule has 0 amide bonds. The van der Waals surface area contributed by atoms with Gasteiger partial charge in [0.05, 0.1) is 0 Å². The monoisotopic (exact) mass is 362 g/mol. The van der Waals surface area contributed by atoms with Gasteiger partial charge in [-0.15, -0.1) is 0 Å². The van der Waals surface area contributed by atoms with Gasteiger partial charge in [-0.3, -0.25) is 0 Å². The molecule has 0 heterocycles. The molecule has 0 saturated heterocycles. The van der Waals surface area contributed by atoms with Gasteiger partial charge in [0.1, 0.15) is 0 Å². The van der Waals surface area contributed by atoms with Crippen LogP contribution in [-0.4, -0.2) is 0 Å². The van der Waals surface area contributed by atoms with Crippen LogP contribution in [0.15, 0.2) is 115 Å². The molecule has 0 atom stereocenters. The van der Waals surface area contributed by atoms with Crippen molar-refractivity contribution in [2.45, 2.75) is 0 Å². The Balaban J connectivity index is 1.76. The van der Waals surface area contributed by atoms with Crippen molar-refractivity contribution in [1.82, 2.24) is 0 Å². The third kappa shape index (κ3) is 3.03. The molecule has 128 valence electrons. The van der Waals surface area contributed by atoms with Crippen molar-refractivity contribution in [3.63, 3.8) is 0 Å². The Morgan fingerprint density at radius 1 is 0.370 bits per heavy atom. The highest BCUT2D eigenvalue weighted by molar-refractivity contribution is 7.79. The summed E-state index contributed by atoms with van der Waals surface area (Å²) in [5.41, 5.74) is 0. The van der Waals surface area contributed by atoms with Crippen molar-refractivity contribution >= 4 is 45.4 Å². The Morgan fingerprint density at radius 2 is 0.889 bits per heavy atom. The van der Waals surface area contributed by atoms with Crippen LogP contribution in [-0.2, 0) is 0 Å². The van der Waals surface area contributed by atoms with Crippen LogP contribution in [0.5, 0.6) is 0 Å². The largest absolute Gasteiger partial charge is 0.0622 e. The highest BCUT2D eigenvalue weighted by atomic mass is 31.1. The van der Waals surface area contributed by atoms with Crippen LogP contribution in [0.25, 0.3) is 21.5 Å². The van der Waals surface area contributed by atoms with Gasteiger partial charge < -0.3 is 0 Å². The average Bonchev–Trinajstić information content (AvgIpc) is 2.75. The standard InChI is InChI=1S/C26H19P/c1-3-10-22(11-4-1)27(23-12-5-2-6-13-23)24-18-17-21-16-15-20-9-7-8-14-25(20)26(21)19-24/h1-19H. The zero-order valence-corrected chi connectivity index (χ0v) is 15.8. The molecule has 0 radical (unpaired) electrons. The van der Waals surface area contributed by atoms with Crippen LogP contribution in [0, 0.1) is 0 Å². The summed E-state index contributed by atoms with van der Waals surface area (Å²) >= 11 is 0. The minimum Gasteiger partial charge on any atom is -0.0622 e. The van der Waals surface area contributed by atoms with E-state index in [1.807, 2.05) is 0 Å². The first-order valence-electron chi connectivity index (χ1n) is 9.22. The van der Waals surface area contributed by atoms with Crippen molar-refractivity contribution in [3.05, 3.63) is 115 Å². The molecule has 0 fully saturated rings. The molecule has 0 aliphatic heterocycles. The van der Waals surface area contributed by atoms with Crippen LogP contribution >= 0.6 is 7.92 Å². The van der Waals surface area contributed by atoms with Crippen molar-refractivity contribution in [2.75, 3.05) is 0 Å². The van der Waals surface area contributed by atoms with E-state index in [0.29, 0.717) is 0 Å². The average molecular weight is 362 g/mol. The first kappa shape index (κ1) is 16.2. The molecule has 0 saturated carbocycles. The van der Waals surface area contributed by atoms with Gasteiger partial charge in [0.25, 0.3) is 0 Å². The van der Waals surface area contributed by atoms with Crippen molar-refractivity contribution in [2.24, 2.45) is 0 Å². The van der Waals surface area contributed by atoms with E-state index in [1.165, 1.54) is 37.5 Å². The second-order valence-corrected chi connectivity index (χ2v) is 8.92. The lowest BCUT2D eigenvalue weighted by Crippen LogP contribution is -2.20. The third-order valence-corrected chi connectivity index (χ3v) is 7.44. The molecule has 0 unspecified atom stereocenters. The smallest absolute Gasteiger partial charge is 0.00988 e. The molecule has 0 aliphatic carbocycles. The Kier molecular flexibility index (Phi) is 4.20. The lowest BCUT2D eigenvalue weighted by molar-refractivity contribution is 1.75. The zero-order chi connectivity index (χ0) is 18.1. The van der Waals surface area contributed by atoms with Gasteiger partial charge in [0.2, 0.25) is 0 Å². The molecule has 0 spiro atoms. The van der Waals surface area contributed by atoms with E-state index in [2.05, 4.69) is 115 Å². The Labute approximate surface area is 160 Å². The lowest BCUT2D eigenvalue weighted by Gasteiger charge is -2.20. The normalized spacial score (nSPS) is 11.3. The fourth-order valence-corrected chi connectivity index (χ4v) is 6.05. The number of benzene rings is 5. The molecule has 5 aromatic rings. The first-order valence-corrected chi connectivity index (χ1v) is 10.6. The SMILES string of the molecule is c1ccc(P(c2ccccc2)c2ccc3ccc4ccccc4c3c2)cc1. The van der Waals surface area contributed by atoms with E-state index >= 15 is 0 Å². The lowest BCUT2D eigenvalue weighted by atomic mass is 10.0. The Bertz CT molecular complexity index is 1170. The van der Waals surface area contributed by atoms with Gasteiger partial charge in [-0.2, -0.15) is 0 Å². The second-order valence-electron chi connectivity index (χ2n) is 6.70.